The van der Waals surface area contributed by atoms with E-state index >= 15 is 0 Å². The Labute approximate surface area is 129 Å². The number of aliphatic carboxylic acids is 1. The molecular weight excluding hydrogens is 318 g/mol. The zero-order valence-electron chi connectivity index (χ0n) is 11.8. The van der Waals surface area contributed by atoms with Crippen LogP contribution in [0.4, 0.5) is 0 Å². The topological polar surface area (TPSA) is 92.7 Å². The number of carboxylic acids is 1. The molecule has 1 aromatic carbocycles. The lowest BCUT2D eigenvalue weighted by Gasteiger charge is -2.15. The molecule has 0 spiro atoms. The maximum Gasteiger partial charge on any atom is 0.303 e. The Kier molecular flexibility index (Phi) is 6.44. The van der Waals surface area contributed by atoms with Crippen LogP contribution in [0.3, 0.4) is 0 Å². The maximum atomic E-state index is 12.2. The zero-order valence-corrected chi connectivity index (χ0v) is 13.4. The normalized spacial score (nSPS) is 12.9. The van der Waals surface area contributed by atoms with Gasteiger partial charge in [0.1, 0.15) is 10.6 Å². The first-order valence-corrected chi connectivity index (χ1v) is 8.21. The van der Waals surface area contributed by atoms with Crippen LogP contribution < -0.4 is 9.46 Å². The summed E-state index contributed by atoms with van der Waals surface area (Å²) in [7, 11) is -2.44. The van der Waals surface area contributed by atoms with Gasteiger partial charge in [-0.3, -0.25) is 4.79 Å². The number of sulfonamides is 1. The van der Waals surface area contributed by atoms with Gasteiger partial charge in [-0.1, -0.05) is 24.9 Å². The van der Waals surface area contributed by atoms with E-state index in [-0.39, 0.29) is 29.5 Å². The summed E-state index contributed by atoms with van der Waals surface area (Å²) < 4.78 is 31.9. The van der Waals surface area contributed by atoms with Crippen molar-refractivity contribution in [2.75, 3.05) is 13.7 Å². The van der Waals surface area contributed by atoms with Crippen molar-refractivity contribution in [1.29, 1.82) is 0 Å². The molecule has 0 aliphatic carbocycles. The molecule has 1 atom stereocenters. The summed E-state index contributed by atoms with van der Waals surface area (Å²) in [5.74, 6) is -1.08. The van der Waals surface area contributed by atoms with Gasteiger partial charge in [0.2, 0.25) is 10.0 Å². The van der Waals surface area contributed by atoms with Crippen LogP contribution in [-0.4, -0.2) is 33.1 Å². The van der Waals surface area contributed by atoms with Crippen molar-refractivity contribution < 1.29 is 23.1 Å². The van der Waals surface area contributed by atoms with Gasteiger partial charge in [0.05, 0.1) is 7.11 Å². The van der Waals surface area contributed by atoms with Crippen LogP contribution in [0.25, 0.3) is 0 Å². The van der Waals surface area contributed by atoms with E-state index in [2.05, 4.69) is 4.72 Å². The number of ether oxygens (including phenoxy) is 1. The highest BCUT2D eigenvalue weighted by Gasteiger charge is 2.21. The second kappa shape index (κ2) is 7.63. The minimum Gasteiger partial charge on any atom is -0.495 e. The third kappa shape index (κ3) is 5.18. The summed E-state index contributed by atoms with van der Waals surface area (Å²) in [6.07, 6.45) is 0.476. The molecule has 0 amide bonds. The molecule has 0 aliphatic rings. The van der Waals surface area contributed by atoms with Crippen LogP contribution in [0, 0.1) is 5.92 Å². The number of carbonyl (C=O) groups is 1. The third-order valence-corrected chi connectivity index (χ3v) is 4.72. The van der Waals surface area contributed by atoms with Gasteiger partial charge in [-0.25, -0.2) is 13.1 Å². The highest BCUT2D eigenvalue weighted by atomic mass is 35.5. The lowest BCUT2D eigenvalue weighted by atomic mass is 10.0. The predicted octanol–water partition coefficient (Wildman–Crippen LogP) is 2.13. The monoisotopic (exact) mass is 335 g/mol. The van der Waals surface area contributed by atoms with Gasteiger partial charge in [0.25, 0.3) is 0 Å². The smallest absolute Gasteiger partial charge is 0.303 e. The molecule has 6 nitrogen and oxygen atoms in total. The van der Waals surface area contributed by atoms with Gasteiger partial charge in [-0.2, -0.15) is 0 Å². The molecule has 0 saturated carbocycles. The van der Waals surface area contributed by atoms with Gasteiger partial charge in [0, 0.05) is 24.1 Å². The summed E-state index contributed by atoms with van der Waals surface area (Å²) in [6, 6.07) is 4.21. The lowest BCUT2D eigenvalue weighted by Crippen LogP contribution is -2.30. The molecule has 1 rings (SSSR count). The number of halogens is 1. The molecule has 0 saturated heterocycles. The van der Waals surface area contributed by atoms with Crippen molar-refractivity contribution >= 4 is 27.6 Å². The second-order valence-electron chi connectivity index (χ2n) is 4.52. The first-order valence-electron chi connectivity index (χ1n) is 6.35. The number of carboxylic acid groups (broad SMARTS) is 1. The molecule has 2 N–H and O–H groups in total. The van der Waals surface area contributed by atoms with E-state index in [0.29, 0.717) is 11.4 Å². The number of hydrogen-bond donors (Lipinski definition) is 2. The average Bonchev–Trinajstić information content (AvgIpc) is 2.42. The molecule has 1 aromatic rings. The van der Waals surface area contributed by atoms with E-state index in [0.717, 1.165) is 0 Å². The number of methoxy groups -OCH3 is 1. The highest BCUT2D eigenvalue weighted by Crippen LogP contribution is 2.27. The van der Waals surface area contributed by atoms with Crippen molar-refractivity contribution in [3.05, 3.63) is 23.2 Å². The minimum absolute atomic E-state index is 0.0282. The van der Waals surface area contributed by atoms with Gasteiger partial charge < -0.3 is 9.84 Å². The molecule has 118 valence electrons. The first-order chi connectivity index (χ1) is 9.80. The molecule has 0 heterocycles. The number of rotatable bonds is 8. The van der Waals surface area contributed by atoms with Crippen LogP contribution >= 0.6 is 11.6 Å². The van der Waals surface area contributed by atoms with Gasteiger partial charge in [-0.15, -0.1) is 0 Å². The Bertz CT molecular complexity index is 603. The molecule has 0 aromatic heterocycles. The fourth-order valence-corrected chi connectivity index (χ4v) is 3.20. The van der Waals surface area contributed by atoms with E-state index in [1.807, 2.05) is 6.92 Å². The Hall–Kier alpha value is -1.31. The summed E-state index contributed by atoms with van der Waals surface area (Å²) >= 11 is 5.79. The van der Waals surface area contributed by atoms with Crippen LogP contribution in [-0.2, 0) is 14.8 Å². The second-order valence-corrected chi connectivity index (χ2v) is 6.69. The van der Waals surface area contributed by atoms with Crippen molar-refractivity contribution in [2.45, 2.75) is 24.7 Å². The largest absolute Gasteiger partial charge is 0.495 e. The summed E-state index contributed by atoms with van der Waals surface area (Å²) in [4.78, 5) is 10.7. The molecule has 8 heteroatoms. The molecule has 0 bridgehead atoms. The Morgan fingerprint density at radius 2 is 2.14 bits per heavy atom. The fourth-order valence-electron chi connectivity index (χ4n) is 1.78. The Morgan fingerprint density at radius 1 is 1.48 bits per heavy atom. The highest BCUT2D eigenvalue weighted by molar-refractivity contribution is 7.89. The van der Waals surface area contributed by atoms with Crippen molar-refractivity contribution in [3.63, 3.8) is 0 Å². The number of hydrogen-bond acceptors (Lipinski definition) is 4. The molecule has 0 radical (unpaired) electrons. The number of nitrogens with one attached hydrogen (secondary N) is 1. The average molecular weight is 336 g/mol. The van der Waals surface area contributed by atoms with E-state index < -0.39 is 16.0 Å². The van der Waals surface area contributed by atoms with Crippen LogP contribution in [0.5, 0.6) is 5.75 Å². The summed E-state index contributed by atoms with van der Waals surface area (Å²) in [5.41, 5.74) is 0. The third-order valence-electron chi connectivity index (χ3n) is 3.02. The van der Waals surface area contributed by atoms with E-state index in [1.54, 1.807) is 0 Å². The summed E-state index contributed by atoms with van der Waals surface area (Å²) in [6.45, 7) is 1.86. The predicted molar refractivity (Wildman–Crippen MR) is 79.2 cm³/mol. The summed E-state index contributed by atoms with van der Waals surface area (Å²) in [5, 5.41) is 9.13. The van der Waals surface area contributed by atoms with Crippen LogP contribution in [0.2, 0.25) is 5.02 Å². The van der Waals surface area contributed by atoms with Crippen molar-refractivity contribution in [2.24, 2.45) is 5.92 Å². The molecule has 21 heavy (non-hydrogen) atoms. The van der Waals surface area contributed by atoms with Gasteiger partial charge in [-0.05, 0) is 18.1 Å². The van der Waals surface area contributed by atoms with Crippen LogP contribution in [0.15, 0.2) is 23.1 Å². The van der Waals surface area contributed by atoms with Crippen molar-refractivity contribution in [3.8, 4) is 5.75 Å². The van der Waals surface area contributed by atoms with E-state index in [4.69, 9.17) is 21.4 Å². The molecular formula is C13H18ClNO5S. The lowest BCUT2D eigenvalue weighted by molar-refractivity contribution is -0.138. The maximum absolute atomic E-state index is 12.2. The van der Waals surface area contributed by atoms with E-state index in [9.17, 15) is 13.2 Å². The molecule has 1 unspecified atom stereocenters. The fraction of sp³-hybridized carbons (Fsp3) is 0.462. The molecule has 0 fully saturated rings. The zero-order chi connectivity index (χ0) is 16.0. The molecule has 0 aliphatic heterocycles. The number of benzene rings is 1. The van der Waals surface area contributed by atoms with Crippen molar-refractivity contribution in [1.82, 2.24) is 4.72 Å². The SMILES string of the molecule is CCC(CNS(=O)(=O)c1ccc(Cl)cc1OC)CC(=O)O. The standard InChI is InChI=1S/C13H18ClNO5S/c1-3-9(6-13(16)17)8-15-21(18,19)12-5-4-10(14)7-11(12)20-2/h4-5,7,9,15H,3,6,8H2,1-2H3,(H,16,17). The van der Waals surface area contributed by atoms with E-state index in [1.165, 1.54) is 25.3 Å². The van der Waals surface area contributed by atoms with Gasteiger partial charge in [0.15, 0.2) is 0 Å². The van der Waals surface area contributed by atoms with Crippen LogP contribution in [0.1, 0.15) is 19.8 Å². The first kappa shape index (κ1) is 17.7. The van der Waals surface area contributed by atoms with Gasteiger partial charge >= 0.3 is 5.97 Å². The quantitative estimate of drug-likeness (QED) is 0.759. The Balaban J connectivity index is 2.89. The Morgan fingerprint density at radius 3 is 2.67 bits per heavy atom. The minimum atomic E-state index is -3.79.